The molecular weight excluding hydrogens is 327 g/mol. The second-order valence-electron chi connectivity index (χ2n) is 5.67. The fourth-order valence-electron chi connectivity index (χ4n) is 2.40. The summed E-state index contributed by atoms with van der Waals surface area (Å²) in [5, 5.41) is 2.91. The number of carbonyl (C=O) groups excluding carboxylic acids is 1. The summed E-state index contributed by atoms with van der Waals surface area (Å²) >= 11 is 1.17. The maximum atomic E-state index is 13.0. The van der Waals surface area contributed by atoms with Crippen LogP contribution in [0.2, 0.25) is 0 Å². The largest absolute Gasteiger partial charge is 0.331 e. The second kappa shape index (κ2) is 6.92. The van der Waals surface area contributed by atoms with Gasteiger partial charge in [-0.25, -0.2) is 9.18 Å². The normalized spacial score (nSPS) is 12.1. The van der Waals surface area contributed by atoms with Crippen molar-refractivity contribution in [3.05, 3.63) is 59.4 Å². The maximum absolute atomic E-state index is 13.0. The smallest absolute Gasteiger partial charge is 0.317 e. The highest BCUT2D eigenvalue weighted by Crippen LogP contribution is 2.16. The van der Waals surface area contributed by atoms with Gasteiger partial charge < -0.3 is 10.2 Å². The van der Waals surface area contributed by atoms with Crippen molar-refractivity contribution in [1.29, 1.82) is 0 Å². The Bertz CT molecular complexity index is 849. The van der Waals surface area contributed by atoms with Gasteiger partial charge in [-0.2, -0.15) is 8.75 Å². The number of benzene rings is 2. The molecule has 0 aliphatic heterocycles. The van der Waals surface area contributed by atoms with Gasteiger partial charge in [-0.3, -0.25) is 0 Å². The Kier molecular flexibility index (Phi) is 4.71. The Morgan fingerprint density at radius 2 is 1.92 bits per heavy atom. The van der Waals surface area contributed by atoms with E-state index in [9.17, 15) is 9.18 Å². The zero-order chi connectivity index (χ0) is 17.1. The molecule has 24 heavy (non-hydrogen) atoms. The highest BCUT2D eigenvalue weighted by Gasteiger charge is 2.14. The molecule has 3 aromatic rings. The predicted molar refractivity (Wildman–Crippen MR) is 92.2 cm³/mol. The van der Waals surface area contributed by atoms with Gasteiger partial charge in [-0.1, -0.05) is 18.2 Å². The van der Waals surface area contributed by atoms with Crippen molar-refractivity contribution in [3.63, 3.8) is 0 Å². The number of urea groups is 1. The molecule has 1 aromatic heterocycles. The number of hydrogen-bond acceptors (Lipinski definition) is 4. The van der Waals surface area contributed by atoms with E-state index in [2.05, 4.69) is 14.1 Å². The zero-order valence-corrected chi connectivity index (χ0v) is 14.2. The molecule has 0 spiro atoms. The summed E-state index contributed by atoms with van der Waals surface area (Å²) in [7, 11) is 1.73. The second-order valence-corrected chi connectivity index (χ2v) is 6.19. The minimum atomic E-state index is -0.290. The molecule has 0 saturated heterocycles. The van der Waals surface area contributed by atoms with Gasteiger partial charge in [0, 0.05) is 13.6 Å². The van der Waals surface area contributed by atoms with E-state index >= 15 is 0 Å². The van der Waals surface area contributed by atoms with Crippen molar-refractivity contribution in [2.45, 2.75) is 19.5 Å². The summed E-state index contributed by atoms with van der Waals surface area (Å²) in [4.78, 5) is 13.9. The average Bonchev–Trinajstić information content (AvgIpc) is 3.03. The molecule has 0 fully saturated rings. The van der Waals surface area contributed by atoms with Crippen LogP contribution in [0.1, 0.15) is 24.1 Å². The Morgan fingerprint density at radius 1 is 1.21 bits per heavy atom. The number of aromatic nitrogens is 2. The van der Waals surface area contributed by atoms with E-state index in [0.717, 1.165) is 22.2 Å². The minimum Gasteiger partial charge on any atom is -0.331 e. The molecule has 0 unspecified atom stereocenters. The third-order valence-corrected chi connectivity index (χ3v) is 4.35. The molecule has 2 amide bonds. The van der Waals surface area contributed by atoms with Gasteiger partial charge in [0.1, 0.15) is 16.9 Å². The standard InChI is InChI=1S/C17H17FN4OS/c1-11(13-4-6-14(18)7-5-13)19-17(23)22(2)10-12-3-8-15-16(9-12)21-24-20-15/h3-9,11H,10H2,1-2H3,(H,19,23)/t11-/m1/s1. The van der Waals surface area contributed by atoms with Crippen LogP contribution >= 0.6 is 11.7 Å². The summed E-state index contributed by atoms with van der Waals surface area (Å²) in [5.74, 6) is -0.290. The Morgan fingerprint density at radius 3 is 2.67 bits per heavy atom. The fourth-order valence-corrected chi connectivity index (χ4v) is 2.92. The lowest BCUT2D eigenvalue weighted by atomic mass is 10.1. The van der Waals surface area contributed by atoms with Gasteiger partial charge in [-0.15, -0.1) is 0 Å². The van der Waals surface area contributed by atoms with Crippen LogP contribution < -0.4 is 5.32 Å². The molecule has 0 radical (unpaired) electrons. The molecule has 3 rings (SSSR count). The van der Waals surface area contributed by atoms with Crippen LogP contribution in [0.5, 0.6) is 0 Å². The van der Waals surface area contributed by atoms with E-state index in [0.29, 0.717) is 6.54 Å². The molecular formula is C17H17FN4OS. The molecule has 1 atom stereocenters. The van der Waals surface area contributed by atoms with E-state index in [1.54, 1.807) is 24.1 Å². The third-order valence-electron chi connectivity index (χ3n) is 3.79. The predicted octanol–water partition coefficient (Wildman–Crippen LogP) is 3.73. The fraction of sp³-hybridized carbons (Fsp3) is 0.235. The van der Waals surface area contributed by atoms with Crippen molar-refractivity contribution in [1.82, 2.24) is 19.0 Å². The first kappa shape index (κ1) is 16.3. The van der Waals surface area contributed by atoms with E-state index in [-0.39, 0.29) is 17.9 Å². The van der Waals surface area contributed by atoms with Gasteiger partial charge >= 0.3 is 6.03 Å². The molecule has 0 aliphatic rings. The molecule has 5 nitrogen and oxygen atoms in total. The van der Waals surface area contributed by atoms with Crippen LogP contribution in [-0.2, 0) is 6.54 Å². The average molecular weight is 344 g/mol. The van der Waals surface area contributed by atoms with Gasteiger partial charge in [0.15, 0.2) is 0 Å². The van der Waals surface area contributed by atoms with Crippen molar-refractivity contribution in [2.75, 3.05) is 7.05 Å². The Labute approximate surface area is 143 Å². The first-order valence-corrected chi connectivity index (χ1v) is 8.24. The highest BCUT2D eigenvalue weighted by atomic mass is 32.1. The van der Waals surface area contributed by atoms with Crippen LogP contribution in [0.3, 0.4) is 0 Å². The van der Waals surface area contributed by atoms with Gasteiger partial charge in [-0.05, 0) is 42.3 Å². The molecule has 2 aromatic carbocycles. The number of amides is 2. The molecule has 1 N–H and O–H groups in total. The van der Waals surface area contributed by atoms with Crippen LogP contribution in [0.15, 0.2) is 42.5 Å². The lowest BCUT2D eigenvalue weighted by Crippen LogP contribution is -2.38. The SMILES string of the molecule is C[C@@H](NC(=O)N(C)Cc1ccc2nsnc2c1)c1ccc(F)cc1. The number of fused-ring (bicyclic) bond motifs is 1. The summed E-state index contributed by atoms with van der Waals surface area (Å²) in [6.45, 7) is 2.33. The summed E-state index contributed by atoms with van der Waals surface area (Å²) in [6.07, 6.45) is 0. The lowest BCUT2D eigenvalue weighted by Gasteiger charge is -2.21. The monoisotopic (exact) mass is 344 g/mol. The Balaban J connectivity index is 1.62. The molecule has 1 heterocycles. The quantitative estimate of drug-likeness (QED) is 0.784. The molecule has 0 saturated carbocycles. The topological polar surface area (TPSA) is 58.1 Å². The van der Waals surface area contributed by atoms with Crippen LogP contribution in [0, 0.1) is 5.82 Å². The van der Waals surface area contributed by atoms with Crippen molar-refractivity contribution in [3.8, 4) is 0 Å². The zero-order valence-electron chi connectivity index (χ0n) is 13.4. The number of nitrogens with one attached hydrogen (secondary N) is 1. The number of halogens is 1. The third kappa shape index (κ3) is 3.68. The van der Waals surface area contributed by atoms with Crippen molar-refractivity contribution in [2.24, 2.45) is 0 Å². The van der Waals surface area contributed by atoms with E-state index in [1.165, 1.54) is 23.9 Å². The number of carbonyl (C=O) groups is 1. The molecule has 0 aliphatic carbocycles. The van der Waals surface area contributed by atoms with Crippen LogP contribution in [0.25, 0.3) is 11.0 Å². The minimum absolute atomic E-state index is 0.191. The molecule has 7 heteroatoms. The van der Waals surface area contributed by atoms with Crippen LogP contribution in [-0.4, -0.2) is 26.7 Å². The van der Waals surface area contributed by atoms with E-state index in [1.807, 2.05) is 25.1 Å². The number of rotatable bonds is 4. The Hall–Kier alpha value is -2.54. The first-order chi connectivity index (χ1) is 11.5. The number of hydrogen-bond donors (Lipinski definition) is 1. The lowest BCUT2D eigenvalue weighted by molar-refractivity contribution is 0.203. The van der Waals surface area contributed by atoms with Gasteiger partial charge in [0.05, 0.1) is 17.8 Å². The van der Waals surface area contributed by atoms with E-state index < -0.39 is 0 Å². The van der Waals surface area contributed by atoms with Crippen molar-refractivity contribution < 1.29 is 9.18 Å². The first-order valence-electron chi connectivity index (χ1n) is 7.51. The van der Waals surface area contributed by atoms with E-state index in [4.69, 9.17) is 0 Å². The number of nitrogens with zero attached hydrogens (tertiary/aromatic N) is 3. The highest BCUT2D eigenvalue weighted by molar-refractivity contribution is 7.00. The van der Waals surface area contributed by atoms with Crippen LogP contribution in [0.4, 0.5) is 9.18 Å². The van der Waals surface area contributed by atoms with Gasteiger partial charge in [0.2, 0.25) is 0 Å². The molecule has 124 valence electrons. The van der Waals surface area contributed by atoms with Gasteiger partial charge in [0.25, 0.3) is 0 Å². The summed E-state index contributed by atoms with van der Waals surface area (Å²) in [5.41, 5.74) is 3.54. The summed E-state index contributed by atoms with van der Waals surface area (Å²) in [6, 6.07) is 11.5. The summed E-state index contributed by atoms with van der Waals surface area (Å²) < 4.78 is 21.3. The maximum Gasteiger partial charge on any atom is 0.317 e. The molecule has 0 bridgehead atoms. The van der Waals surface area contributed by atoms with Crippen molar-refractivity contribution >= 4 is 28.8 Å².